The van der Waals surface area contributed by atoms with E-state index in [-0.39, 0.29) is 18.0 Å². The van der Waals surface area contributed by atoms with Crippen LogP contribution in [0.5, 0.6) is 5.75 Å². The number of halogens is 1. The van der Waals surface area contributed by atoms with E-state index in [4.69, 9.17) is 4.74 Å². The molecule has 0 saturated heterocycles. The van der Waals surface area contributed by atoms with Gasteiger partial charge in [-0.2, -0.15) is 5.10 Å². The highest BCUT2D eigenvalue weighted by Crippen LogP contribution is 2.25. The topological polar surface area (TPSA) is 68.8 Å². The molecule has 0 aliphatic rings. The van der Waals surface area contributed by atoms with Gasteiger partial charge in [0.25, 0.3) is 5.56 Å². The van der Waals surface area contributed by atoms with Crippen molar-refractivity contribution in [2.45, 2.75) is 13.2 Å². The van der Waals surface area contributed by atoms with Crippen LogP contribution >= 0.6 is 0 Å². The van der Waals surface area contributed by atoms with Crippen LogP contribution in [0.1, 0.15) is 5.56 Å². The van der Waals surface area contributed by atoms with E-state index in [1.807, 2.05) is 30.3 Å². The first-order chi connectivity index (χ1) is 13.7. The minimum atomic E-state index is -0.362. The van der Waals surface area contributed by atoms with Crippen molar-refractivity contribution in [1.82, 2.24) is 14.2 Å². The van der Waals surface area contributed by atoms with Gasteiger partial charge in [-0.25, -0.2) is 8.91 Å². The number of ether oxygens (including phenoxy) is 1. The molecule has 7 heteroatoms. The van der Waals surface area contributed by atoms with Gasteiger partial charge in [0.05, 0.1) is 18.8 Å². The Morgan fingerprint density at radius 2 is 1.79 bits per heavy atom. The number of fused-ring (bicyclic) bond motifs is 1. The van der Waals surface area contributed by atoms with Crippen LogP contribution in [-0.4, -0.2) is 25.9 Å². The molecule has 0 amide bonds. The van der Waals surface area contributed by atoms with Crippen LogP contribution in [0.4, 0.5) is 4.39 Å². The number of nitrogens with zero attached hydrogens (tertiary/aromatic N) is 3. The fourth-order valence-electron chi connectivity index (χ4n) is 3.09. The smallest absolute Gasteiger partial charge is 0.277 e. The molecule has 28 heavy (non-hydrogen) atoms. The summed E-state index contributed by atoms with van der Waals surface area (Å²) >= 11 is 0. The first-order valence-corrected chi connectivity index (χ1v) is 8.82. The summed E-state index contributed by atoms with van der Waals surface area (Å²) in [5, 5.41) is 14.3. The van der Waals surface area contributed by atoms with Crippen molar-refractivity contribution in [3.63, 3.8) is 0 Å². The van der Waals surface area contributed by atoms with Crippen molar-refractivity contribution in [3.8, 4) is 17.0 Å². The van der Waals surface area contributed by atoms with Crippen LogP contribution in [0.15, 0.2) is 71.8 Å². The second kappa shape index (κ2) is 7.66. The Morgan fingerprint density at radius 1 is 1.04 bits per heavy atom. The van der Waals surface area contributed by atoms with E-state index in [1.54, 1.807) is 24.5 Å². The summed E-state index contributed by atoms with van der Waals surface area (Å²) in [5.41, 5.74) is 1.52. The minimum absolute atomic E-state index is 0.274. The number of aliphatic hydroxyl groups excluding tert-OH is 1. The lowest BCUT2D eigenvalue weighted by Gasteiger charge is -2.08. The Morgan fingerprint density at radius 3 is 2.50 bits per heavy atom. The molecule has 0 unspecified atom stereocenters. The minimum Gasteiger partial charge on any atom is -0.492 e. The first kappa shape index (κ1) is 17.9. The SMILES string of the molecule is O=c1c2c(CO)c(-c3ccc(F)cc3)nn2ccn1CCOc1ccccc1. The lowest BCUT2D eigenvalue weighted by atomic mass is 10.1. The van der Waals surface area contributed by atoms with Gasteiger partial charge in [0.1, 0.15) is 23.7 Å². The standard InChI is InChI=1S/C21H18FN3O3/c22-16-8-6-15(7-9-16)19-18(14-26)20-21(27)24(10-11-25(20)23-19)12-13-28-17-4-2-1-3-5-17/h1-11,26H,12-14H2. The third-order valence-corrected chi connectivity index (χ3v) is 4.48. The van der Waals surface area contributed by atoms with Gasteiger partial charge in [-0.3, -0.25) is 4.79 Å². The molecule has 4 rings (SSSR count). The zero-order valence-electron chi connectivity index (χ0n) is 15.0. The molecule has 6 nitrogen and oxygen atoms in total. The van der Waals surface area contributed by atoms with E-state index in [9.17, 15) is 14.3 Å². The van der Waals surface area contributed by atoms with Crippen LogP contribution in [0.25, 0.3) is 16.8 Å². The number of hydrogen-bond donors (Lipinski definition) is 1. The first-order valence-electron chi connectivity index (χ1n) is 8.82. The lowest BCUT2D eigenvalue weighted by molar-refractivity contribution is 0.283. The van der Waals surface area contributed by atoms with E-state index in [2.05, 4.69) is 5.10 Å². The summed E-state index contributed by atoms with van der Waals surface area (Å²) in [7, 11) is 0. The van der Waals surface area contributed by atoms with Gasteiger partial charge in [-0.05, 0) is 36.4 Å². The van der Waals surface area contributed by atoms with Gasteiger partial charge in [-0.1, -0.05) is 18.2 Å². The van der Waals surface area contributed by atoms with E-state index >= 15 is 0 Å². The fourth-order valence-corrected chi connectivity index (χ4v) is 3.09. The number of aliphatic hydroxyl groups is 1. The molecule has 142 valence electrons. The molecule has 2 heterocycles. The average molecular weight is 379 g/mol. The Kier molecular flexibility index (Phi) is 4.90. The molecular weight excluding hydrogens is 361 g/mol. The average Bonchev–Trinajstić information content (AvgIpc) is 3.10. The number of para-hydroxylation sites is 1. The van der Waals surface area contributed by atoms with Crippen molar-refractivity contribution in [2.24, 2.45) is 0 Å². The Hall–Kier alpha value is -3.45. The number of aromatic nitrogens is 3. The Bertz CT molecular complexity index is 1150. The molecular formula is C21H18FN3O3. The van der Waals surface area contributed by atoms with Crippen molar-refractivity contribution in [2.75, 3.05) is 6.61 Å². The van der Waals surface area contributed by atoms with E-state index < -0.39 is 0 Å². The molecule has 0 fully saturated rings. The molecule has 0 saturated carbocycles. The molecule has 0 bridgehead atoms. The highest BCUT2D eigenvalue weighted by Gasteiger charge is 2.17. The Balaban J connectivity index is 1.66. The summed E-state index contributed by atoms with van der Waals surface area (Å²) in [5.74, 6) is 0.370. The summed E-state index contributed by atoms with van der Waals surface area (Å²) in [6, 6.07) is 15.1. The van der Waals surface area contributed by atoms with Gasteiger partial charge in [0.2, 0.25) is 0 Å². The van der Waals surface area contributed by atoms with Gasteiger partial charge in [0.15, 0.2) is 0 Å². The molecule has 0 radical (unpaired) electrons. The highest BCUT2D eigenvalue weighted by molar-refractivity contribution is 5.72. The molecule has 2 aromatic carbocycles. The van der Waals surface area contributed by atoms with E-state index in [0.717, 1.165) is 5.75 Å². The quantitative estimate of drug-likeness (QED) is 0.559. The van der Waals surface area contributed by atoms with E-state index in [1.165, 1.54) is 21.2 Å². The Labute approximate surface area is 160 Å². The van der Waals surface area contributed by atoms with Gasteiger partial charge < -0.3 is 14.4 Å². The third kappa shape index (κ3) is 3.39. The van der Waals surface area contributed by atoms with Crippen molar-refractivity contribution in [1.29, 1.82) is 0 Å². The second-order valence-electron chi connectivity index (χ2n) is 6.24. The maximum atomic E-state index is 13.2. The predicted octanol–water partition coefficient (Wildman–Crippen LogP) is 2.87. The molecule has 0 atom stereocenters. The molecule has 0 spiro atoms. The molecule has 1 N–H and O–H groups in total. The van der Waals surface area contributed by atoms with Gasteiger partial charge in [-0.15, -0.1) is 0 Å². The van der Waals surface area contributed by atoms with Crippen LogP contribution in [0.3, 0.4) is 0 Å². The maximum absolute atomic E-state index is 13.2. The third-order valence-electron chi connectivity index (χ3n) is 4.48. The normalized spacial score (nSPS) is 11.1. The number of hydrogen-bond acceptors (Lipinski definition) is 4. The molecule has 2 aromatic heterocycles. The largest absolute Gasteiger partial charge is 0.492 e. The van der Waals surface area contributed by atoms with Crippen LogP contribution < -0.4 is 10.3 Å². The summed E-state index contributed by atoms with van der Waals surface area (Å²) < 4.78 is 21.8. The molecule has 0 aliphatic heterocycles. The summed E-state index contributed by atoms with van der Waals surface area (Å²) in [4.78, 5) is 12.9. The fraction of sp³-hybridized carbons (Fsp3) is 0.143. The zero-order chi connectivity index (χ0) is 19.5. The highest BCUT2D eigenvalue weighted by atomic mass is 19.1. The van der Waals surface area contributed by atoms with Crippen molar-refractivity contribution < 1.29 is 14.2 Å². The number of rotatable bonds is 6. The lowest BCUT2D eigenvalue weighted by Crippen LogP contribution is -2.24. The van der Waals surface area contributed by atoms with Gasteiger partial charge in [0, 0.05) is 23.5 Å². The predicted molar refractivity (Wildman–Crippen MR) is 103 cm³/mol. The second-order valence-corrected chi connectivity index (χ2v) is 6.24. The number of benzene rings is 2. The van der Waals surface area contributed by atoms with Gasteiger partial charge >= 0.3 is 0 Å². The van der Waals surface area contributed by atoms with Crippen LogP contribution in [-0.2, 0) is 13.2 Å². The summed E-state index contributed by atoms with van der Waals surface area (Å²) in [6.07, 6.45) is 3.29. The molecule has 4 aromatic rings. The monoisotopic (exact) mass is 379 g/mol. The molecule has 0 aliphatic carbocycles. The van der Waals surface area contributed by atoms with E-state index in [0.29, 0.717) is 35.5 Å². The maximum Gasteiger partial charge on any atom is 0.277 e. The zero-order valence-corrected chi connectivity index (χ0v) is 15.0. The van der Waals surface area contributed by atoms with Crippen LogP contribution in [0.2, 0.25) is 0 Å². The van der Waals surface area contributed by atoms with Crippen molar-refractivity contribution >= 4 is 5.52 Å². The van der Waals surface area contributed by atoms with Crippen molar-refractivity contribution in [3.05, 3.63) is 88.7 Å². The van der Waals surface area contributed by atoms with Crippen LogP contribution in [0, 0.1) is 5.82 Å². The summed E-state index contributed by atoms with van der Waals surface area (Å²) in [6.45, 7) is 0.329.